The van der Waals surface area contributed by atoms with Gasteiger partial charge in [-0.15, -0.1) is 0 Å². The van der Waals surface area contributed by atoms with E-state index in [1.165, 1.54) is 19.3 Å². The zero-order valence-electron chi connectivity index (χ0n) is 18.5. The van der Waals surface area contributed by atoms with Crippen molar-refractivity contribution >= 4 is 17.2 Å². The maximum atomic E-state index is 12.5. The van der Waals surface area contributed by atoms with Crippen molar-refractivity contribution in [1.82, 2.24) is 5.32 Å². The Morgan fingerprint density at radius 3 is 2.26 bits per heavy atom. The summed E-state index contributed by atoms with van der Waals surface area (Å²) in [7, 11) is 0. The first-order chi connectivity index (χ1) is 15.0. The first kappa shape index (κ1) is 23.7. The average molecular weight is 416 g/mol. The molecule has 0 saturated carbocycles. The molecule has 0 bridgehead atoms. The van der Waals surface area contributed by atoms with E-state index >= 15 is 0 Å². The van der Waals surface area contributed by atoms with Crippen LogP contribution in [0.1, 0.15) is 58.4 Å². The number of nitrogens with zero attached hydrogens (tertiary/aromatic N) is 4. The van der Waals surface area contributed by atoms with Crippen molar-refractivity contribution in [1.29, 1.82) is 15.8 Å². The zero-order chi connectivity index (χ0) is 22.8. The van der Waals surface area contributed by atoms with Crippen LogP contribution in [0, 0.1) is 39.9 Å². The number of carbonyl (C=O) groups is 1. The van der Waals surface area contributed by atoms with Crippen molar-refractivity contribution in [3.63, 3.8) is 0 Å². The number of nitriles is 3. The molecule has 0 aliphatic carbocycles. The van der Waals surface area contributed by atoms with Gasteiger partial charge in [0.1, 0.15) is 18.2 Å². The normalized spacial score (nSPS) is 13.8. The molecule has 0 saturated heterocycles. The second kappa shape index (κ2) is 11.6. The van der Waals surface area contributed by atoms with Gasteiger partial charge in [0.05, 0.1) is 16.8 Å². The summed E-state index contributed by atoms with van der Waals surface area (Å²) in [6.45, 7) is 8.57. The van der Waals surface area contributed by atoms with E-state index in [2.05, 4.69) is 31.0 Å². The molecule has 0 aromatic heterocycles. The van der Waals surface area contributed by atoms with Crippen LogP contribution in [0.25, 0.3) is 5.57 Å². The van der Waals surface area contributed by atoms with Crippen LogP contribution in [0.2, 0.25) is 0 Å². The topological polar surface area (TPSA) is 104 Å². The lowest BCUT2D eigenvalue weighted by Crippen LogP contribution is -2.30. The van der Waals surface area contributed by atoms with E-state index in [4.69, 9.17) is 10.5 Å². The molecule has 1 aromatic carbocycles. The maximum absolute atomic E-state index is 12.5. The number of hydrogen-bond donors (Lipinski definition) is 1. The number of anilines is 1. The quantitative estimate of drug-likeness (QED) is 0.551. The largest absolute Gasteiger partial charge is 0.371 e. The van der Waals surface area contributed by atoms with Gasteiger partial charge in [0, 0.05) is 18.8 Å². The van der Waals surface area contributed by atoms with Gasteiger partial charge in [-0.05, 0) is 36.5 Å². The molecule has 1 unspecified atom stereocenters. The van der Waals surface area contributed by atoms with E-state index < -0.39 is 5.91 Å². The number of allylic oxidation sites excluding steroid dienone is 2. The Morgan fingerprint density at radius 1 is 1.06 bits per heavy atom. The molecule has 1 atom stereocenters. The average Bonchev–Trinajstić information content (AvgIpc) is 3.12. The zero-order valence-corrected chi connectivity index (χ0v) is 18.5. The molecule has 160 valence electrons. The molecular formula is C25H29N5O. The van der Waals surface area contributed by atoms with Gasteiger partial charge >= 0.3 is 0 Å². The second-order valence-corrected chi connectivity index (χ2v) is 7.70. The number of unbranched alkanes of at least 4 members (excludes halogenated alkanes) is 1. The van der Waals surface area contributed by atoms with E-state index in [9.17, 15) is 10.1 Å². The first-order valence-corrected chi connectivity index (χ1v) is 10.9. The number of carbonyl (C=O) groups excluding carboxylic acids is 1. The Hall–Kier alpha value is -3.56. The van der Waals surface area contributed by atoms with Crippen molar-refractivity contribution in [3.05, 3.63) is 46.7 Å². The van der Waals surface area contributed by atoms with Crippen molar-refractivity contribution in [2.24, 2.45) is 5.92 Å². The molecule has 2 rings (SSSR count). The van der Waals surface area contributed by atoms with Gasteiger partial charge in [-0.2, -0.15) is 15.8 Å². The summed E-state index contributed by atoms with van der Waals surface area (Å²) in [5.41, 5.74) is 1.63. The maximum Gasteiger partial charge on any atom is 0.257 e. The molecule has 1 aliphatic rings. The minimum Gasteiger partial charge on any atom is -0.371 e. The van der Waals surface area contributed by atoms with Crippen LogP contribution < -0.4 is 10.2 Å². The highest BCUT2D eigenvalue weighted by atomic mass is 16.2. The third kappa shape index (κ3) is 5.53. The lowest BCUT2D eigenvalue weighted by molar-refractivity contribution is -0.114. The number of amides is 1. The minimum atomic E-state index is -0.474. The fourth-order valence-electron chi connectivity index (χ4n) is 3.85. The van der Waals surface area contributed by atoms with Gasteiger partial charge < -0.3 is 10.2 Å². The summed E-state index contributed by atoms with van der Waals surface area (Å²) in [5, 5.41) is 30.3. The number of nitrogens with one attached hydrogen (secondary N) is 1. The molecule has 1 aromatic rings. The van der Waals surface area contributed by atoms with Crippen molar-refractivity contribution < 1.29 is 4.79 Å². The standard InChI is InChI=1S/C25H29N5O/c1-4-7-8-18(6-3)17-30(13-5-2)21-11-9-19(10-12-21)23-22(16-28)24(29-25(23)31)20(14-26)15-27/h9-12,18H,4-8,13,17H2,1-3H3,(H,29,31). The molecule has 31 heavy (non-hydrogen) atoms. The predicted molar refractivity (Wildman–Crippen MR) is 121 cm³/mol. The highest BCUT2D eigenvalue weighted by Crippen LogP contribution is 2.31. The van der Waals surface area contributed by atoms with Gasteiger partial charge in [-0.3, -0.25) is 4.79 Å². The van der Waals surface area contributed by atoms with Gasteiger partial charge in [0.15, 0.2) is 5.57 Å². The summed E-state index contributed by atoms with van der Waals surface area (Å²) >= 11 is 0. The van der Waals surface area contributed by atoms with Crippen LogP contribution in [0.3, 0.4) is 0 Å². The third-order valence-corrected chi connectivity index (χ3v) is 5.59. The number of hydrogen-bond acceptors (Lipinski definition) is 5. The highest BCUT2D eigenvalue weighted by Gasteiger charge is 2.31. The fraction of sp³-hybridized carbons (Fsp3) is 0.440. The number of benzene rings is 1. The van der Waals surface area contributed by atoms with E-state index in [1.807, 2.05) is 30.3 Å². The Labute approximate surface area is 185 Å². The summed E-state index contributed by atoms with van der Waals surface area (Å²) in [6, 6.07) is 13.1. The van der Waals surface area contributed by atoms with Crippen LogP contribution in [-0.4, -0.2) is 19.0 Å². The van der Waals surface area contributed by atoms with Gasteiger partial charge in [0.2, 0.25) is 0 Å². The van der Waals surface area contributed by atoms with Gasteiger partial charge in [-0.1, -0.05) is 52.2 Å². The Bertz CT molecular complexity index is 967. The minimum absolute atomic E-state index is 0.00843. The molecule has 1 aliphatic heterocycles. The number of rotatable bonds is 10. The molecule has 6 heteroatoms. The van der Waals surface area contributed by atoms with E-state index in [0.717, 1.165) is 31.6 Å². The Balaban J connectivity index is 2.36. The molecule has 0 spiro atoms. The molecule has 0 radical (unpaired) electrons. The third-order valence-electron chi connectivity index (χ3n) is 5.59. The van der Waals surface area contributed by atoms with Crippen LogP contribution in [0.5, 0.6) is 0 Å². The SMILES string of the molecule is CCCCC(CC)CN(CCC)c1ccc(C2=C(C#N)C(=C(C#N)C#N)NC2=O)cc1. The van der Waals surface area contributed by atoms with Crippen LogP contribution in [0.15, 0.2) is 41.1 Å². The molecule has 6 nitrogen and oxygen atoms in total. The van der Waals surface area contributed by atoms with Crippen molar-refractivity contribution in [3.8, 4) is 18.2 Å². The molecular weight excluding hydrogens is 386 g/mol. The van der Waals surface area contributed by atoms with Crippen molar-refractivity contribution in [2.45, 2.75) is 52.9 Å². The molecule has 1 amide bonds. The predicted octanol–water partition coefficient (Wildman–Crippen LogP) is 4.83. The van der Waals surface area contributed by atoms with Crippen LogP contribution >= 0.6 is 0 Å². The second-order valence-electron chi connectivity index (χ2n) is 7.70. The highest BCUT2D eigenvalue weighted by molar-refractivity contribution is 6.26. The van der Waals surface area contributed by atoms with Crippen LogP contribution in [-0.2, 0) is 4.79 Å². The summed E-state index contributed by atoms with van der Waals surface area (Å²) < 4.78 is 0. The van der Waals surface area contributed by atoms with Gasteiger partial charge in [-0.25, -0.2) is 0 Å². The first-order valence-electron chi connectivity index (χ1n) is 10.9. The summed E-state index contributed by atoms with van der Waals surface area (Å²) in [6.07, 6.45) is 5.84. The molecule has 1 N–H and O–H groups in total. The fourth-order valence-corrected chi connectivity index (χ4v) is 3.85. The Morgan fingerprint density at radius 2 is 1.74 bits per heavy atom. The lowest BCUT2D eigenvalue weighted by Gasteiger charge is -2.29. The van der Waals surface area contributed by atoms with E-state index in [0.29, 0.717) is 11.5 Å². The summed E-state index contributed by atoms with van der Waals surface area (Å²) in [4.78, 5) is 14.9. The monoisotopic (exact) mass is 415 g/mol. The lowest BCUT2D eigenvalue weighted by atomic mass is 9.97. The van der Waals surface area contributed by atoms with Crippen LogP contribution in [0.4, 0.5) is 5.69 Å². The Kier molecular flexibility index (Phi) is 8.86. The smallest absolute Gasteiger partial charge is 0.257 e. The van der Waals surface area contributed by atoms with E-state index in [1.54, 1.807) is 12.1 Å². The molecule has 1 heterocycles. The summed E-state index contributed by atoms with van der Waals surface area (Å²) in [5.74, 6) is 0.168. The van der Waals surface area contributed by atoms with E-state index in [-0.39, 0.29) is 22.4 Å². The van der Waals surface area contributed by atoms with Crippen molar-refractivity contribution in [2.75, 3.05) is 18.0 Å². The van der Waals surface area contributed by atoms with Gasteiger partial charge in [0.25, 0.3) is 5.91 Å². The molecule has 0 fully saturated rings.